The van der Waals surface area contributed by atoms with E-state index in [9.17, 15) is 14.3 Å². The molecule has 0 radical (unpaired) electrons. The molecule has 1 saturated heterocycles. The minimum atomic E-state index is -0.323. The Kier molecular flexibility index (Phi) is 4.22. The number of aromatic nitrogens is 4. The van der Waals surface area contributed by atoms with E-state index in [4.69, 9.17) is 0 Å². The van der Waals surface area contributed by atoms with Crippen molar-refractivity contribution in [1.29, 1.82) is 0 Å². The number of aromatic hydroxyl groups is 1. The maximum atomic E-state index is 14.2. The second-order valence-electron chi connectivity index (χ2n) is 8.35. The van der Waals surface area contributed by atoms with Gasteiger partial charge in [-0.1, -0.05) is 29.5 Å². The van der Waals surface area contributed by atoms with E-state index >= 15 is 0 Å². The molecule has 2 aliphatic rings. The van der Waals surface area contributed by atoms with Crippen LogP contribution in [0.25, 0.3) is 4.96 Å². The van der Waals surface area contributed by atoms with Crippen molar-refractivity contribution >= 4 is 16.3 Å². The van der Waals surface area contributed by atoms with Gasteiger partial charge in [-0.15, -0.1) is 0 Å². The first-order chi connectivity index (χ1) is 15.1. The lowest BCUT2D eigenvalue weighted by Crippen LogP contribution is -2.48. The molecule has 5 heterocycles. The highest BCUT2D eigenvalue weighted by atomic mass is 32.1. The number of benzene rings is 1. The zero-order valence-electron chi connectivity index (χ0n) is 16.6. The van der Waals surface area contributed by atoms with E-state index in [0.717, 1.165) is 24.2 Å². The Morgan fingerprint density at radius 2 is 2.03 bits per heavy atom. The van der Waals surface area contributed by atoms with Gasteiger partial charge in [-0.2, -0.15) is 9.61 Å². The average molecular weight is 438 g/mol. The molecule has 0 aliphatic carbocycles. The third-order valence-corrected chi connectivity index (χ3v) is 7.51. The van der Waals surface area contributed by atoms with E-state index in [-0.39, 0.29) is 29.2 Å². The quantitative estimate of drug-likeness (QED) is 0.533. The lowest BCUT2D eigenvalue weighted by atomic mass is 9.82. The van der Waals surface area contributed by atoms with Gasteiger partial charge in [0, 0.05) is 37.3 Å². The zero-order valence-corrected chi connectivity index (χ0v) is 17.4. The maximum absolute atomic E-state index is 14.2. The summed E-state index contributed by atoms with van der Waals surface area (Å²) in [5.41, 5.74) is 1.88. The predicted octanol–water partition coefficient (Wildman–Crippen LogP) is 3.01. The number of halogens is 1. The Morgan fingerprint density at radius 1 is 1.16 bits per heavy atom. The van der Waals surface area contributed by atoms with Crippen LogP contribution in [0, 0.1) is 11.7 Å². The molecule has 0 amide bonds. The van der Waals surface area contributed by atoms with Crippen LogP contribution in [0.3, 0.4) is 0 Å². The summed E-state index contributed by atoms with van der Waals surface area (Å²) in [4.78, 5) is 20.2. The van der Waals surface area contributed by atoms with E-state index in [1.807, 2.05) is 22.8 Å². The van der Waals surface area contributed by atoms with Crippen LogP contribution in [-0.2, 0) is 6.54 Å². The van der Waals surface area contributed by atoms with Gasteiger partial charge in [0.05, 0.1) is 10.9 Å². The third kappa shape index (κ3) is 2.99. The van der Waals surface area contributed by atoms with Gasteiger partial charge in [0.25, 0.3) is 5.56 Å². The molecule has 158 valence electrons. The number of fused-ring (bicyclic) bond motifs is 5. The number of piperidine rings is 1. The fourth-order valence-electron chi connectivity index (χ4n) is 5.22. The Labute approximate surface area is 181 Å². The molecule has 3 atom stereocenters. The molecule has 31 heavy (non-hydrogen) atoms. The normalized spacial score (nSPS) is 21.8. The molecule has 2 aliphatic heterocycles. The van der Waals surface area contributed by atoms with Crippen LogP contribution in [0.1, 0.15) is 34.5 Å². The lowest BCUT2D eigenvalue weighted by molar-refractivity contribution is 0.0951. The molecule has 3 aromatic heterocycles. The lowest BCUT2D eigenvalue weighted by Gasteiger charge is -2.45. The second kappa shape index (κ2) is 7.00. The summed E-state index contributed by atoms with van der Waals surface area (Å²) in [5.74, 6) is 0.253. The number of rotatable bonds is 3. The highest BCUT2D eigenvalue weighted by Crippen LogP contribution is 2.44. The van der Waals surface area contributed by atoms with Gasteiger partial charge in [-0.25, -0.2) is 9.37 Å². The number of nitrogens with zero attached hydrogens (tertiary/aromatic N) is 5. The van der Waals surface area contributed by atoms with E-state index in [1.54, 1.807) is 12.1 Å². The minimum absolute atomic E-state index is 0.0408. The van der Waals surface area contributed by atoms with Crippen molar-refractivity contribution in [1.82, 2.24) is 24.1 Å². The molecule has 1 fully saturated rings. The van der Waals surface area contributed by atoms with Gasteiger partial charge < -0.3 is 9.67 Å². The molecule has 0 spiro atoms. The van der Waals surface area contributed by atoms with Crippen molar-refractivity contribution < 1.29 is 9.50 Å². The van der Waals surface area contributed by atoms with Gasteiger partial charge in [0.2, 0.25) is 10.8 Å². The van der Waals surface area contributed by atoms with Crippen LogP contribution in [0.15, 0.2) is 53.6 Å². The molecule has 2 bridgehead atoms. The Hall–Kier alpha value is -3.04. The molecule has 4 aromatic rings. The molecule has 1 N–H and O–H groups in total. The first-order valence-corrected chi connectivity index (χ1v) is 11.1. The predicted molar refractivity (Wildman–Crippen MR) is 114 cm³/mol. The number of pyridine rings is 1. The van der Waals surface area contributed by atoms with Crippen LogP contribution in [0.2, 0.25) is 0 Å². The standard InChI is InChI=1S/C22H20FN5O2S/c23-16-4-1-3-14(8-16)19(20-21(30)28-22(31-20)24-12-25-28)26-9-13-7-15(11-26)17-5-2-6-18(29)27(17)10-13/h1-6,8,12-13,15,19,30H,7,9-11H2/t13-,15-,19-/m0/s1. The van der Waals surface area contributed by atoms with Crippen LogP contribution in [0.4, 0.5) is 4.39 Å². The molecule has 9 heteroatoms. The summed E-state index contributed by atoms with van der Waals surface area (Å²) in [6.07, 6.45) is 2.43. The van der Waals surface area contributed by atoms with Crippen molar-refractivity contribution in [3.05, 3.63) is 81.1 Å². The zero-order chi connectivity index (χ0) is 21.1. The fraction of sp³-hybridized carbons (Fsp3) is 0.318. The van der Waals surface area contributed by atoms with Crippen molar-refractivity contribution in [2.45, 2.75) is 24.9 Å². The number of hydrogen-bond acceptors (Lipinski definition) is 6. The Balaban J connectivity index is 1.46. The van der Waals surface area contributed by atoms with Crippen LogP contribution in [-0.4, -0.2) is 42.3 Å². The van der Waals surface area contributed by atoms with Gasteiger partial charge in [0.15, 0.2) is 0 Å². The van der Waals surface area contributed by atoms with Gasteiger partial charge in [-0.05, 0) is 36.1 Å². The first-order valence-electron chi connectivity index (χ1n) is 10.3. The summed E-state index contributed by atoms with van der Waals surface area (Å²) in [5, 5.41) is 15.0. The molecular formula is C22H20FN5O2S. The van der Waals surface area contributed by atoms with Crippen molar-refractivity contribution in [3.8, 4) is 5.88 Å². The minimum Gasteiger partial charge on any atom is -0.492 e. The molecule has 0 saturated carbocycles. The van der Waals surface area contributed by atoms with Crippen LogP contribution >= 0.6 is 11.3 Å². The van der Waals surface area contributed by atoms with Crippen LogP contribution in [0.5, 0.6) is 5.88 Å². The highest BCUT2D eigenvalue weighted by molar-refractivity contribution is 7.17. The SMILES string of the molecule is O=c1cccc2n1C[C@H]1C[C@H]2CN([C@@H](c2cccc(F)c2)c2sc3ncnn3c2O)C1. The topological polar surface area (TPSA) is 75.7 Å². The smallest absolute Gasteiger partial charge is 0.250 e. The highest BCUT2D eigenvalue weighted by Gasteiger charge is 2.39. The van der Waals surface area contributed by atoms with Gasteiger partial charge in [-0.3, -0.25) is 9.69 Å². The van der Waals surface area contributed by atoms with E-state index in [2.05, 4.69) is 15.0 Å². The van der Waals surface area contributed by atoms with Crippen molar-refractivity contribution in [2.24, 2.45) is 5.92 Å². The van der Waals surface area contributed by atoms with Gasteiger partial charge >= 0.3 is 0 Å². The average Bonchev–Trinajstić information content (AvgIpc) is 3.33. The number of thiazole rings is 1. The maximum Gasteiger partial charge on any atom is 0.250 e. The van der Waals surface area contributed by atoms with Crippen molar-refractivity contribution in [2.75, 3.05) is 13.1 Å². The molecule has 7 nitrogen and oxygen atoms in total. The third-order valence-electron chi connectivity index (χ3n) is 6.42. The van der Waals surface area contributed by atoms with E-state index < -0.39 is 0 Å². The van der Waals surface area contributed by atoms with Crippen molar-refractivity contribution in [3.63, 3.8) is 0 Å². The fourth-order valence-corrected chi connectivity index (χ4v) is 6.31. The largest absolute Gasteiger partial charge is 0.492 e. The Morgan fingerprint density at radius 3 is 2.87 bits per heavy atom. The summed E-state index contributed by atoms with van der Waals surface area (Å²) < 4.78 is 17.5. The summed E-state index contributed by atoms with van der Waals surface area (Å²) in [6, 6.07) is 11.7. The molecular weight excluding hydrogens is 417 g/mol. The van der Waals surface area contributed by atoms with E-state index in [0.29, 0.717) is 28.8 Å². The Bertz CT molecular complexity index is 1350. The first kappa shape index (κ1) is 18.7. The van der Waals surface area contributed by atoms with Crippen LogP contribution < -0.4 is 5.56 Å². The summed E-state index contributed by atoms with van der Waals surface area (Å²) >= 11 is 1.37. The molecule has 6 rings (SSSR count). The summed E-state index contributed by atoms with van der Waals surface area (Å²) in [7, 11) is 0. The monoisotopic (exact) mass is 437 g/mol. The van der Waals surface area contributed by atoms with Gasteiger partial charge in [0.1, 0.15) is 12.1 Å². The summed E-state index contributed by atoms with van der Waals surface area (Å²) in [6.45, 7) is 2.15. The van der Waals surface area contributed by atoms with E-state index in [1.165, 1.54) is 34.3 Å². The number of hydrogen-bond donors (Lipinski definition) is 1. The number of likely N-dealkylation sites (tertiary alicyclic amines) is 1. The molecule has 0 unspecified atom stereocenters. The second-order valence-corrected chi connectivity index (χ2v) is 9.36. The molecule has 1 aromatic carbocycles.